The van der Waals surface area contributed by atoms with E-state index in [-0.39, 0.29) is 30.0 Å². The lowest BCUT2D eigenvalue weighted by atomic mass is 10.1. The molecule has 9 heteroatoms. The van der Waals surface area contributed by atoms with E-state index in [1.807, 2.05) is 17.9 Å². The van der Waals surface area contributed by atoms with Crippen LogP contribution in [0.5, 0.6) is 0 Å². The summed E-state index contributed by atoms with van der Waals surface area (Å²) in [6, 6.07) is 4.53. The Hall–Kier alpha value is -1.88. The highest BCUT2D eigenvalue weighted by Gasteiger charge is 2.17. The average Bonchev–Trinajstić information content (AvgIpc) is 3.03. The van der Waals surface area contributed by atoms with E-state index in [2.05, 4.69) is 70.4 Å². The van der Waals surface area contributed by atoms with E-state index in [0.717, 1.165) is 62.2 Å². The van der Waals surface area contributed by atoms with Gasteiger partial charge in [0.05, 0.1) is 5.69 Å². The summed E-state index contributed by atoms with van der Waals surface area (Å²) in [6.07, 6.45) is 2.88. The molecular weight excluding hydrogens is 515 g/mol. The Bertz CT molecular complexity index is 869. The molecule has 2 N–H and O–H groups in total. The highest BCUT2D eigenvalue weighted by molar-refractivity contribution is 14.0. The SMILES string of the molecule is CCN1CCN(c2ccc(CNC(=NC)NC(C)Cc3c(C)nn(C)c3C)cn2)CC1.I. The largest absolute Gasteiger partial charge is 0.354 e. The van der Waals surface area contributed by atoms with Gasteiger partial charge in [0.1, 0.15) is 5.82 Å². The van der Waals surface area contributed by atoms with Gasteiger partial charge in [0.25, 0.3) is 0 Å². The summed E-state index contributed by atoms with van der Waals surface area (Å²) >= 11 is 0. The minimum Gasteiger partial charge on any atom is -0.354 e. The lowest BCUT2D eigenvalue weighted by molar-refractivity contribution is 0.270. The quantitative estimate of drug-likeness (QED) is 0.312. The molecule has 1 saturated heterocycles. The summed E-state index contributed by atoms with van der Waals surface area (Å²) in [5.41, 5.74) is 4.76. The van der Waals surface area contributed by atoms with Crippen LogP contribution < -0.4 is 15.5 Å². The van der Waals surface area contributed by atoms with Gasteiger partial charge in [-0.25, -0.2) is 4.98 Å². The third-order valence-electron chi connectivity index (χ3n) is 6.19. The Balaban J connectivity index is 0.00000363. The van der Waals surface area contributed by atoms with Crippen LogP contribution >= 0.6 is 24.0 Å². The summed E-state index contributed by atoms with van der Waals surface area (Å²) in [4.78, 5) is 13.9. The van der Waals surface area contributed by atoms with Crippen LogP contribution in [0.2, 0.25) is 0 Å². The molecule has 0 radical (unpaired) electrons. The van der Waals surface area contributed by atoms with Crippen LogP contribution in [-0.2, 0) is 20.0 Å². The molecule has 3 heterocycles. The van der Waals surface area contributed by atoms with Crippen molar-refractivity contribution in [2.45, 2.75) is 46.7 Å². The third kappa shape index (κ3) is 6.81. The van der Waals surface area contributed by atoms with Crippen molar-refractivity contribution in [2.75, 3.05) is 44.7 Å². The number of nitrogens with zero attached hydrogens (tertiary/aromatic N) is 6. The molecule has 0 spiro atoms. The second kappa shape index (κ2) is 12.4. The van der Waals surface area contributed by atoms with Crippen LogP contribution in [0.1, 0.15) is 36.4 Å². The number of hydrogen-bond acceptors (Lipinski definition) is 5. The molecule has 0 saturated carbocycles. The number of piperazine rings is 1. The smallest absolute Gasteiger partial charge is 0.191 e. The highest BCUT2D eigenvalue weighted by Crippen LogP contribution is 2.15. The molecule has 1 aliphatic heterocycles. The molecule has 1 atom stereocenters. The third-order valence-corrected chi connectivity index (χ3v) is 6.19. The minimum absolute atomic E-state index is 0. The first-order valence-corrected chi connectivity index (χ1v) is 11.3. The fourth-order valence-electron chi connectivity index (χ4n) is 4.09. The van der Waals surface area contributed by atoms with E-state index in [1.54, 1.807) is 7.05 Å². The van der Waals surface area contributed by atoms with Crippen molar-refractivity contribution in [1.82, 2.24) is 30.3 Å². The van der Waals surface area contributed by atoms with Crippen molar-refractivity contribution in [3.8, 4) is 0 Å². The second-order valence-corrected chi connectivity index (χ2v) is 8.39. The zero-order valence-corrected chi connectivity index (χ0v) is 22.7. The predicted octanol–water partition coefficient (Wildman–Crippen LogP) is 2.49. The Morgan fingerprint density at radius 1 is 1.19 bits per heavy atom. The Labute approximate surface area is 209 Å². The van der Waals surface area contributed by atoms with Gasteiger partial charge in [0.2, 0.25) is 0 Å². The van der Waals surface area contributed by atoms with Crippen molar-refractivity contribution in [3.05, 3.63) is 40.8 Å². The maximum atomic E-state index is 4.69. The van der Waals surface area contributed by atoms with Crippen molar-refractivity contribution >= 4 is 35.8 Å². The number of halogens is 1. The maximum Gasteiger partial charge on any atom is 0.191 e. The van der Waals surface area contributed by atoms with E-state index in [9.17, 15) is 0 Å². The normalized spacial score (nSPS) is 15.9. The number of aromatic nitrogens is 3. The van der Waals surface area contributed by atoms with E-state index in [4.69, 9.17) is 4.98 Å². The summed E-state index contributed by atoms with van der Waals surface area (Å²) in [6.45, 7) is 14.7. The number of anilines is 1. The lowest BCUT2D eigenvalue weighted by Crippen LogP contribution is -2.46. The summed E-state index contributed by atoms with van der Waals surface area (Å²) in [5, 5.41) is 11.4. The standard InChI is InChI=1S/C23H38N8.HI/c1-7-30-10-12-31(13-11-30)22-9-8-20(15-25-22)16-26-23(24-5)27-17(2)14-21-18(3)28-29(6)19(21)4;/h8-9,15,17H,7,10-14,16H2,1-6H3,(H2,24,26,27);1H. The van der Waals surface area contributed by atoms with Gasteiger partial charge in [-0.3, -0.25) is 9.67 Å². The van der Waals surface area contributed by atoms with Gasteiger partial charge in [0.15, 0.2) is 5.96 Å². The van der Waals surface area contributed by atoms with Gasteiger partial charge >= 0.3 is 0 Å². The summed E-state index contributed by atoms with van der Waals surface area (Å²) in [7, 11) is 3.80. The van der Waals surface area contributed by atoms with Gasteiger partial charge in [-0.2, -0.15) is 5.10 Å². The van der Waals surface area contributed by atoms with Crippen LogP contribution in [0.3, 0.4) is 0 Å². The van der Waals surface area contributed by atoms with E-state index in [0.29, 0.717) is 6.54 Å². The molecule has 178 valence electrons. The van der Waals surface area contributed by atoms with E-state index >= 15 is 0 Å². The molecule has 1 aliphatic rings. The highest BCUT2D eigenvalue weighted by atomic mass is 127. The van der Waals surface area contributed by atoms with Crippen LogP contribution in [0.4, 0.5) is 5.82 Å². The molecule has 2 aromatic rings. The molecule has 2 aromatic heterocycles. The molecule has 0 amide bonds. The van der Waals surface area contributed by atoms with Crippen molar-refractivity contribution in [3.63, 3.8) is 0 Å². The van der Waals surface area contributed by atoms with Gasteiger partial charge < -0.3 is 20.4 Å². The topological polar surface area (TPSA) is 73.6 Å². The number of likely N-dealkylation sites (N-methyl/N-ethyl adjacent to an activating group) is 1. The van der Waals surface area contributed by atoms with Crippen LogP contribution in [0.15, 0.2) is 23.3 Å². The second-order valence-electron chi connectivity index (χ2n) is 8.39. The molecule has 0 bridgehead atoms. The fraction of sp³-hybridized carbons (Fsp3) is 0.609. The van der Waals surface area contributed by atoms with Gasteiger partial charge in [0, 0.05) is 64.8 Å². The molecule has 1 unspecified atom stereocenters. The van der Waals surface area contributed by atoms with Crippen molar-refractivity contribution in [1.29, 1.82) is 0 Å². The number of aryl methyl sites for hydroxylation is 2. The van der Waals surface area contributed by atoms with E-state index < -0.39 is 0 Å². The molecule has 0 aliphatic carbocycles. The fourth-order valence-corrected chi connectivity index (χ4v) is 4.09. The molecule has 1 fully saturated rings. The van der Waals surface area contributed by atoms with Crippen LogP contribution in [0, 0.1) is 13.8 Å². The number of pyridine rings is 1. The summed E-state index contributed by atoms with van der Waals surface area (Å²) < 4.78 is 1.95. The molecule has 0 aromatic carbocycles. The maximum absolute atomic E-state index is 4.69. The molecule has 3 rings (SSSR count). The monoisotopic (exact) mass is 554 g/mol. The minimum atomic E-state index is 0. The lowest BCUT2D eigenvalue weighted by Gasteiger charge is -2.34. The zero-order chi connectivity index (χ0) is 22.4. The first kappa shape index (κ1) is 26.4. The van der Waals surface area contributed by atoms with Crippen LogP contribution in [-0.4, -0.2) is 71.4 Å². The summed E-state index contributed by atoms with van der Waals surface area (Å²) in [5.74, 6) is 1.87. The zero-order valence-electron chi connectivity index (χ0n) is 20.4. The van der Waals surface area contributed by atoms with Crippen molar-refractivity contribution < 1.29 is 0 Å². The number of rotatable bonds is 7. The van der Waals surface area contributed by atoms with Gasteiger partial charge in [-0.05, 0) is 50.9 Å². The number of hydrogen-bond donors (Lipinski definition) is 2. The van der Waals surface area contributed by atoms with E-state index in [1.165, 1.54) is 11.3 Å². The Morgan fingerprint density at radius 3 is 2.44 bits per heavy atom. The predicted molar refractivity (Wildman–Crippen MR) is 143 cm³/mol. The first-order chi connectivity index (χ1) is 14.9. The molecule has 32 heavy (non-hydrogen) atoms. The number of aliphatic imine (C=N–C) groups is 1. The van der Waals surface area contributed by atoms with Crippen LogP contribution in [0.25, 0.3) is 0 Å². The average molecular weight is 555 g/mol. The Morgan fingerprint density at radius 2 is 1.91 bits per heavy atom. The Kier molecular flexibility index (Phi) is 10.2. The molecule has 8 nitrogen and oxygen atoms in total. The van der Waals surface area contributed by atoms with Gasteiger partial charge in [-0.1, -0.05) is 13.0 Å². The van der Waals surface area contributed by atoms with Gasteiger partial charge in [-0.15, -0.1) is 24.0 Å². The number of nitrogens with one attached hydrogen (secondary N) is 2. The van der Waals surface area contributed by atoms with Crippen molar-refractivity contribution in [2.24, 2.45) is 12.0 Å². The first-order valence-electron chi connectivity index (χ1n) is 11.3. The molecular formula is C23H39IN8. The number of guanidine groups is 1.